The van der Waals surface area contributed by atoms with E-state index >= 15 is 0 Å². The number of halogens is 1. The first kappa shape index (κ1) is 42.5. The number of esters is 1. The quantitative estimate of drug-likeness (QED) is 0.208. The van der Waals surface area contributed by atoms with E-state index < -0.39 is 47.7 Å². The van der Waals surface area contributed by atoms with Crippen molar-refractivity contribution in [3.05, 3.63) is 46.5 Å². The van der Waals surface area contributed by atoms with Gasteiger partial charge in [-0.2, -0.15) is 11.8 Å². The zero-order valence-corrected chi connectivity index (χ0v) is 34.2. The Morgan fingerprint density at radius 2 is 1.94 bits per heavy atom. The van der Waals surface area contributed by atoms with E-state index in [1.165, 1.54) is 16.9 Å². The molecule has 0 radical (unpaired) electrons. The van der Waals surface area contributed by atoms with Crippen LogP contribution < -0.4 is 15.0 Å². The van der Waals surface area contributed by atoms with Gasteiger partial charge in [-0.3, -0.25) is 14.9 Å². The van der Waals surface area contributed by atoms with Gasteiger partial charge in [-0.1, -0.05) is 56.2 Å². The van der Waals surface area contributed by atoms with Crippen molar-refractivity contribution in [2.45, 2.75) is 121 Å². The molecule has 1 aromatic rings. The van der Waals surface area contributed by atoms with Crippen LogP contribution in [-0.2, 0) is 39.8 Å². The van der Waals surface area contributed by atoms with E-state index in [4.69, 9.17) is 35.3 Å². The Morgan fingerprint density at radius 1 is 1.23 bits per heavy atom. The molecule has 2 saturated heterocycles. The molecule has 4 rings (SSSR count). The summed E-state index contributed by atoms with van der Waals surface area (Å²) in [6.45, 7) is 13.7. The van der Waals surface area contributed by atoms with E-state index in [1.807, 2.05) is 51.1 Å². The monoisotopic (exact) mass is 777 g/mol. The van der Waals surface area contributed by atoms with E-state index in [9.17, 15) is 19.2 Å². The van der Waals surface area contributed by atoms with Crippen LogP contribution >= 0.6 is 23.4 Å². The first-order chi connectivity index (χ1) is 24.9. The largest absolute Gasteiger partial charge is 0.495 e. The molecule has 14 heteroatoms. The number of amides is 3. The number of nitrogens with one attached hydrogen (secondary N) is 1. The number of nitrogens with zero attached hydrogens (tertiary/aromatic N) is 2. The molecule has 294 valence electrons. The van der Waals surface area contributed by atoms with E-state index in [2.05, 4.69) is 19.2 Å². The minimum Gasteiger partial charge on any atom is -0.495 e. The van der Waals surface area contributed by atoms with Crippen molar-refractivity contribution in [1.82, 2.24) is 10.2 Å². The van der Waals surface area contributed by atoms with E-state index in [-0.39, 0.29) is 35.6 Å². The molecular weight excluding hydrogens is 722 g/mol. The van der Waals surface area contributed by atoms with E-state index in [0.29, 0.717) is 48.3 Å². The molecule has 3 heterocycles. The number of thioether (sulfide) groups is 1. The molecule has 7 atom stereocenters. The third-order valence-corrected chi connectivity index (χ3v) is 11.8. The fraction of sp³-hybridized carbons (Fsp3) is 0.641. The van der Waals surface area contributed by atoms with Gasteiger partial charge in [-0.15, -0.1) is 0 Å². The molecule has 0 aromatic heterocycles. The summed E-state index contributed by atoms with van der Waals surface area (Å²) in [5.74, 6) is -0.566. The third-order valence-electron chi connectivity index (χ3n) is 10.3. The summed E-state index contributed by atoms with van der Waals surface area (Å²) < 4.78 is 30.1. The Bertz CT molecular complexity index is 1590. The molecule has 0 aliphatic carbocycles. The number of fused-ring (bicyclic) bond motifs is 5. The normalized spacial score (nSPS) is 29.9. The van der Waals surface area contributed by atoms with Crippen molar-refractivity contribution in [3.63, 3.8) is 0 Å². The molecule has 0 spiro atoms. The summed E-state index contributed by atoms with van der Waals surface area (Å²) >= 11 is 8.45. The Balaban J connectivity index is 1.72. The molecular formula is C39H56ClN3O9S. The number of anilines is 1. The summed E-state index contributed by atoms with van der Waals surface area (Å²) in [5.41, 5.74) is 0.200. The number of epoxide rings is 1. The number of alkyl carbamates (subject to hydrolysis) is 1. The zero-order chi connectivity index (χ0) is 39.2. The molecule has 3 aliphatic heterocycles. The van der Waals surface area contributed by atoms with Crippen LogP contribution in [0, 0.1) is 5.92 Å². The maximum absolute atomic E-state index is 14.2. The summed E-state index contributed by atoms with van der Waals surface area (Å²) in [5, 5.41) is 3.55. The van der Waals surface area contributed by atoms with Crippen LogP contribution in [0.4, 0.5) is 10.5 Å². The van der Waals surface area contributed by atoms with Gasteiger partial charge in [0.25, 0.3) is 0 Å². The number of carbonyl (C=O) groups is 4. The van der Waals surface area contributed by atoms with Crippen LogP contribution in [-0.4, -0.2) is 103 Å². The average Bonchev–Trinajstić information content (AvgIpc) is 3.80. The number of hydrogen-bond acceptors (Lipinski definition) is 10. The molecule has 1 aromatic carbocycles. The number of allylic oxidation sites excluding steroid dienone is 3. The lowest BCUT2D eigenvalue weighted by atomic mass is 9.84. The van der Waals surface area contributed by atoms with Crippen molar-refractivity contribution in [3.8, 4) is 5.75 Å². The summed E-state index contributed by atoms with van der Waals surface area (Å²) in [6, 6.07) is 2.76. The third kappa shape index (κ3) is 10.3. The highest BCUT2D eigenvalue weighted by molar-refractivity contribution is 7.99. The topological polar surface area (TPSA) is 136 Å². The minimum absolute atomic E-state index is 0.187. The fourth-order valence-electron chi connectivity index (χ4n) is 6.92. The SMILES string of the molecule is CCO[C@]12C/C=C\C=C(/C)Cc3cc(OC)c(Cl)c(c3)N(C)C(=O)C[C@@H](OC(=O)[C@H](C)N(C)C(=O)CCSC(C)C)[C@]3(C)OC3[C@H](C)[C@H](C1)OC(=O)N2. The van der Waals surface area contributed by atoms with Gasteiger partial charge in [0.05, 0.1) is 25.3 Å². The van der Waals surface area contributed by atoms with E-state index in [1.54, 1.807) is 39.7 Å². The standard InChI is InChI=1S/C39H56ClN3O9S/c1-11-49-39-16-13-12-14-24(4)18-27-19-28(34(40)29(20-27)48-10)43(9)33(45)21-31(38(7)35(52-38)25(5)30(22-39)50-37(47)41-39)51-36(46)26(6)42(8)32(44)15-17-53-23(2)3/h12-14,19-20,23,25-26,30-31,35H,11,15-18,21-22H2,1-10H3,(H,41,47)/b13-12-,24-14+/t25-,26+,30+,31-,35?,38+,39-/m1/s1. The Labute approximate surface area is 323 Å². The average molecular weight is 778 g/mol. The first-order valence-electron chi connectivity index (χ1n) is 18.3. The van der Waals surface area contributed by atoms with Crippen LogP contribution in [0.25, 0.3) is 0 Å². The van der Waals surface area contributed by atoms with Gasteiger partial charge in [0, 0.05) is 51.6 Å². The molecule has 1 N–H and O–H groups in total. The smallest absolute Gasteiger partial charge is 0.409 e. The lowest BCUT2D eigenvalue weighted by Gasteiger charge is -2.42. The molecule has 2 fully saturated rings. The van der Waals surface area contributed by atoms with Crippen LogP contribution in [0.1, 0.15) is 79.7 Å². The summed E-state index contributed by atoms with van der Waals surface area (Å²) in [4.78, 5) is 56.7. The minimum atomic E-state index is -1.12. The number of likely N-dealkylation sites (N-methyl/N-ethyl adjacent to an activating group) is 1. The zero-order valence-electron chi connectivity index (χ0n) is 32.7. The van der Waals surface area contributed by atoms with Crippen molar-refractivity contribution in [1.29, 1.82) is 0 Å². The predicted molar refractivity (Wildman–Crippen MR) is 206 cm³/mol. The number of ether oxygens (including phenoxy) is 5. The summed E-state index contributed by atoms with van der Waals surface area (Å²) in [7, 11) is 4.70. The van der Waals surface area contributed by atoms with Gasteiger partial charge in [0.1, 0.15) is 34.6 Å². The van der Waals surface area contributed by atoms with Crippen molar-refractivity contribution in [2.24, 2.45) is 5.92 Å². The fourth-order valence-corrected chi connectivity index (χ4v) is 8.00. The van der Waals surface area contributed by atoms with E-state index in [0.717, 1.165) is 11.1 Å². The molecule has 3 amide bonds. The molecule has 4 bridgehead atoms. The number of rotatable bonds is 10. The molecule has 53 heavy (non-hydrogen) atoms. The molecule has 12 nitrogen and oxygen atoms in total. The highest BCUT2D eigenvalue weighted by Gasteiger charge is 2.64. The Kier molecular flexibility index (Phi) is 14.4. The number of carbonyl (C=O) groups excluding carboxylic acids is 4. The van der Waals surface area contributed by atoms with Crippen LogP contribution in [0.15, 0.2) is 35.9 Å². The Hall–Kier alpha value is -3.26. The van der Waals surface area contributed by atoms with Crippen LogP contribution in [0.3, 0.4) is 0 Å². The number of benzene rings is 1. The second-order valence-corrected chi connectivity index (χ2v) is 16.7. The first-order valence-corrected chi connectivity index (χ1v) is 19.7. The lowest BCUT2D eigenvalue weighted by molar-refractivity contribution is -0.161. The number of hydrogen-bond donors (Lipinski definition) is 1. The highest BCUT2D eigenvalue weighted by atomic mass is 35.5. The second kappa shape index (κ2) is 17.9. The van der Waals surface area contributed by atoms with Gasteiger partial charge in [-0.25, -0.2) is 9.59 Å². The molecule has 1 unspecified atom stereocenters. The van der Waals surface area contributed by atoms with Crippen molar-refractivity contribution >= 4 is 52.9 Å². The van der Waals surface area contributed by atoms with Crippen molar-refractivity contribution in [2.75, 3.05) is 38.5 Å². The van der Waals surface area contributed by atoms with Gasteiger partial charge < -0.3 is 33.5 Å². The van der Waals surface area contributed by atoms with Gasteiger partial charge in [-0.05, 0) is 57.1 Å². The van der Waals surface area contributed by atoms with Crippen LogP contribution in [0.2, 0.25) is 5.02 Å². The summed E-state index contributed by atoms with van der Waals surface area (Å²) in [6.07, 6.45) is 4.36. The molecule has 0 saturated carbocycles. The number of methoxy groups -OCH3 is 1. The van der Waals surface area contributed by atoms with Crippen LogP contribution in [0.5, 0.6) is 5.75 Å². The second-order valence-electron chi connectivity index (χ2n) is 14.7. The predicted octanol–water partition coefficient (Wildman–Crippen LogP) is 6.47. The maximum atomic E-state index is 14.2. The van der Waals surface area contributed by atoms with Crippen molar-refractivity contribution < 1.29 is 42.9 Å². The maximum Gasteiger partial charge on any atom is 0.409 e. The van der Waals surface area contributed by atoms with Gasteiger partial charge in [0.15, 0.2) is 5.72 Å². The van der Waals surface area contributed by atoms with Gasteiger partial charge in [0.2, 0.25) is 11.8 Å². The van der Waals surface area contributed by atoms with Gasteiger partial charge >= 0.3 is 12.1 Å². The highest BCUT2D eigenvalue weighted by Crippen LogP contribution is 2.49. The molecule has 3 aliphatic rings. The Morgan fingerprint density at radius 3 is 2.60 bits per heavy atom. The lowest BCUT2D eigenvalue weighted by Crippen LogP contribution is -2.59.